The number of nitrogens with zero attached hydrogens (tertiary/aromatic N) is 5. The summed E-state index contributed by atoms with van der Waals surface area (Å²) in [5, 5.41) is 8.40. The van der Waals surface area contributed by atoms with Gasteiger partial charge in [-0.15, -0.1) is 5.10 Å². The van der Waals surface area contributed by atoms with Gasteiger partial charge in [0.05, 0.1) is 11.3 Å². The minimum Gasteiger partial charge on any atom is -0.440 e. The predicted molar refractivity (Wildman–Crippen MR) is 122 cm³/mol. The molecule has 2 aliphatic rings. The van der Waals surface area contributed by atoms with Crippen LogP contribution in [-0.4, -0.2) is 58.1 Å². The van der Waals surface area contributed by atoms with E-state index < -0.39 is 5.91 Å². The number of benzene rings is 1. The van der Waals surface area contributed by atoms with Crippen molar-refractivity contribution in [3.63, 3.8) is 0 Å². The van der Waals surface area contributed by atoms with Crippen molar-refractivity contribution in [3.05, 3.63) is 58.6 Å². The second kappa shape index (κ2) is 8.31. The number of oxazole rings is 1. The van der Waals surface area contributed by atoms with Gasteiger partial charge in [0.25, 0.3) is 11.8 Å². The summed E-state index contributed by atoms with van der Waals surface area (Å²) in [6.07, 6.45) is 2.03. The number of carbonyl (C=O) groups is 2. The molecule has 1 aliphatic carbocycles. The fourth-order valence-electron chi connectivity index (χ4n) is 4.20. The molecule has 0 unspecified atom stereocenters. The lowest BCUT2D eigenvalue weighted by Gasteiger charge is -2.35. The van der Waals surface area contributed by atoms with Gasteiger partial charge in [-0.1, -0.05) is 18.2 Å². The lowest BCUT2D eigenvalue weighted by atomic mass is 10.1. The summed E-state index contributed by atoms with van der Waals surface area (Å²) < 4.78 is 6.05. The second-order valence-electron chi connectivity index (χ2n) is 8.62. The Bertz CT molecular complexity index is 1210. The number of amides is 2. The number of hydrogen-bond acceptors (Lipinski definition) is 7. The molecule has 0 radical (unpaired) electrons. The molecule has 1 aromatic carbocycles. The maximum atomic E-state index is 13.4. The van der Waals surface area contributed by atoms with E-state index in [-0.39, 0.29) is 11.8 Å². The highest BCUT2D eigenvalue weighted by atomic mass is 16.4. The molecule has 9 heteroatoms. The van der Waals surface area contributed by atoms with E-state index in [0.29, 0.717) is 60.6 Å². The highest BCUT2D eigenvalue weighted by Gasteiger charge is 2.36. The zero-order valence-electron chi connectivity index (χ0n) is 18.7. The van der Waals surface area contributed by atoms with E-state index in [1.807, 2.05) is 42.2 Å². The Morgan fingerprint density at radius 3 is 2.36 bits per heavy atom. The minimum absolute atomic E-state index is 0.122. The summed E-state index contributed by atoms with van der Waals surface area (Å²) in [6, 6.07) is 9.64. The highest BCUT2D eigenvalue weighted by Crippen LogP contribution is 2.43. The van der Waals surface area contributed by atoms with E-state index in [4.69, 9.17) is 10.2 Å². The summed E-state index contributed by atoms with van der Waals surface area (Å²) in [7, 11) is 0. The number of aryl methyl sites for hydroxylation is 1. The van der Waals surface area contributed by atoms with Gasteiger partial charge >= 0.3 is 0 Å². The number of nitrogens with two attached hydrogens (primary N) is 1. The van der Waals surface area contributed by atoms with Gasteiger partial charge in [0.15, 0.2) is 11.5 Å². The standard InChI is InChI=1S/C24H26N6O3/c1-14-15(2)27-28-22(18(14)21(25)31)29-10-12-30(13-11-29)24(32)19-20(16-8-9-16)33-23(26-19)17-6-4-3-5-7-17/h3-7,16H,8-13H2,1-2H3,(H2,25,31). The molecule has 3 heterocycles. The molecule has 2 amide bonds. The van der Waals surface area contributed by atoms with Gasteiger partial charge < -0.3 is 20.0 Å². The number of primary amides is 1. The van der Waals surface area contributed by atoms with Gasteiger partial charge in [-0.3, -0.25) is 9.59 Å². The normalized spacial score (nSPS) is 16.2. The Hall–Kier alpha value is -3.75. The first kappa shape index (κ1) is 21.1. The van der Waals surface area contributed by atoms with E-state index in [1.165, 1.54) is 0 Å². The molecular formula is C24H26N6O3. The van der Waals surface area contributed by atoms with Crippen molar-refractivity contribution >= 4 is 17.6 Å². The summed E-state index contributed by atoms with van der Waals surface area (Å²) in [4.78, 5) is 33.8. The number of piperazine rings is 1. The van der Waals surface area contributed by atoms with Crippen molar-refractivity contribution in [3.8, 4) is 11.5 Å². The summed E-state index contributed by atoms with van der Waals surface area (Å²) in [5.74, 6) is 1.27. The van der Waals surface area contributed by atoms with Crippen molar-refractivity contribution in [2.24, 2.45) is 5.73 Å². The van der Waals surface area contributed by atoms with Crippen LogP contribution in [0.5, 0.6) is 0 Å². The zero-order valence-corrected chi connectivity index (χ0v) is 18.7. The van der Waals surface area contributed by atoms with Crippen LogP contribution in [-0.2, 0) is 0 Å². The third-order valence-electron chi connectivity index (χ3n) is 6.37. The molecule has 1 saturated carbocycles. The number of anilines is 1. The zero-order chi connectivity index (χ0) is 23.1. The molecule has 1 aliphatic heterocycles. The first-order valence-corrected chi connectivity index (χ1v) is 11.2. The molecule has 5 rings (SSSR count). The molecule has 0 spiro atoms. The molecular weight excluding hydrogens is 420 g/mol. The smallest absolute Gasteiger partial charge is 0.276 e. The Balaban J connectivity index is 1.36. The van der Waals surface area contributed by atoms with E-state index in [1.54, 1.807) is 11.8 Å². The third kappa shape index (κ3) is 3.94. The van der Waals surface area contributed by atoms with Gasteiger partial charge in [-0.05, 0) is 44.4 Å². The van der Waals surface area contributed by atoms with Crippen molar-refractivity contribution in [2.45, 2.75) is 32.6 Å². The minimum atomic E-state index is -0.524. The number of hydrogen-bond donors (Lipinski definition) is 1. The van der Waals surface area contributed by atoms with Gasteiger partial charge in [0, 0.05) is 37.7 Å². The van der Waals surface area contributed by atoms with E-state index in [0.717, 1.165) is 24.0 Å². The molecule has 0 bridgehead atoms. The average molecular weight is 447 g/mol. The predicted octanol–water partition coefficient (Wildman–Crippen LogP) is 2.69. The van der Waals surface area contributed by atoms with Crippen molar-refractivity contribution < 1.29 is 14.0 Å². The average Bonchev–Trinajstić information content (AvgIpc) is 3.58. The molecule has 2 N–H and O–H groups in total. The topological polar surface area (TPSA) is 118 Å². The Kier molecular flexibility index (Phi) is 5.32. The fourth-order valence-corrected chi connectivity index (χ4v) is 4.20. The molecule has 2 aromatic heterocycles. The molecule has 33 heavy (non-hydrogen) atoms. The van der Waals surface area contributed by atoms with Gasteiger partial charge in [0.2, 0.25) is 5.89 Å². The van der Waals surface area contributed by atoms with Crippen LogP contribution in [0.25, 0.3) is 11.5 Å². The number of aromatic nitrogens is 3. The van der Waals surface area contributed by atoms with Crippen LogP contribution >= 0.6 is 0 Å². The van der Waals surface area contributed by atoms with Crippen molar-refractivity contribution in [2.75, 3.05) is 31.1 Å². The Labute approximate surface area is 191 Å². The molecule has 9 nitrogen and oxygen atoms in total. The first-order valence-electron chi connectivity index (χ1n) is 11.2. The molecule has 1 saturated heterocycles. The highest BCUT2D eigenvalue weighted by molar-refractivity contribution is 5.99. The van der Waals surface area contributed by atoms with Crippen LogP contribution in [0.15, 0.2) is 34.7 Å². The van der Waals surface area contributed by atoms with Crippen LogP contribution in [0.3, 0.4) is 0 Å². The third-order valence-corrected chi connectivity index (χ3v) is 6.37. The van der Waals surface area contributed by atoms with E-state index in [9.17, 15) is 9.59 Å². The van der Waals surface area contributed by atoms with Crippen LogP contribution in [0.2, 0.25) is 0 Å². The Morgan fingerprint density at radius 2 is 1.73 bits per heavy atom. The van der Waals surface area contributed by atoms with Gasteiger partial charge in [-0.25, -0.2) is 4.98 Å². The summed E-state index contributed by atoms with van der Waals surface area (Å²) in [6.45, 7) is 5.61. The SMILES string of the molecule is Cc1nnc(N2CCN(C(=O)c3nc(-c4ccccc4)oc3C3CC3)CC2)c(C(N)=O)c1C. The van der Waals surface area contributed by atoms with E-state index >= 15 is 0 Å². The number of carbonyl (C=O) groups excluding carboxylic acids is 2. The van der Waals surface area contributed by atoms with Crippen LogP contribution in [0.1, 0.15) is 56.6 Å². The molecule has 2 fully saturated rings. The second-order valence-corrected chi connectivity index (χ2v) is 8.62. The van der Waals surface area contributed by atoms with Gasteiger partial charge in [0.1, 0.15) is 5.76 Å². The van der Waals surface area contributed by atoms with Crippen molar-refractivity contribution in [1.29, 1.82) is 0 Å². The first-order chi connectivity index (χ1) is 15.9. The van der Waals surface area contributed by atoms with Gasteiger partial charge in [-0.2, -0.15) is 5.10 Å². The summed E-state index contributed by atoms with van der Waals surface area (Å²) >= 11 is 0. The molecule has 0 atom stereocenters. The summed E-state index contributed by atoms with van der Waals surface area (Å²) in [5.41, 5.74) is 8.69. The molecule has 3 aromatic rings. The maximum Gasteiger partial charge on any atom is 0.276 e. The Morgan fingerprint density at radius 1 is 1.03 bits per heavy atom. The van der Waals surface area contributed by atoms with E-state index in [2.05, 4.69) is 15.2 Å². The largest absolute Gasteiger partial charge is 0.440 e. The quantitative estimate of drug-likeness (QED) is 0.640. The molecule has 170 valence electrons. The number of rotatable bonds is 5. The maximum absolute atomic E-state index is 13.4. The van der Waals surface area contributed by atoms with Crippen LogP contribution in [0, 0.1) is 13.8 Å². The lowest BCUT2D eigenvalue weighted by Crippen LogP contribution is -2.49. The lowest BCUT2D eigenvalue weighted by molar-refractivity contribution is 0.0738. The van der Waals surface area contributed by atoms with Crippen LogP contribution < -0.4 is 10.6 Å². The van der Waals surface area contributed by atoms with Crippen molar-refractivity contribution in [1.82, 2.24) is 20.1 Å². The monoisotopic (exact) mass is 446 g/mol. The van der Waals surface area contributed by atoms with Crippen LogP contribution in [0.4, 0.5) is 5.82 Å². The fraction of sp³-hybridized carbons (Fsp3) is 0.375.